The smallest absolute Gasteiger partial charge is 0.326 e. The van der Waals surface area contributed by atoms with Crippen molar-refractivity contribution in [2.24, 2.45) is 5.92 Å². The highest BCUT2D eigenvalue weighted by Gasteiger charge is 2.38. The Morgan fingerprint density at radius 1 is 1.53 bits per heavy atom. The van der Waals surface area contributed by atoms with Gasteiger partial charge in [-0.25, -0.2) is 9.59 Å². The highest BCUT2D eigenvalue weighted by Crippen LogP contribution is 2.18. The number of aliphatic carboxylic acids is 1. The minimum absolute atomic E-state index is 0.0866. The Kier molecular flexibility index (Phi) is 4.74. The first-order valence-corrected chi connectivity index (χ1v) is 5.91. The summed E-state index contributed by atoms with van der Waals surface area (Å²) in [5.74, 6) is -0.713. The van der Waals surface area contributed by atoms with E-state index in [1.54, 1.807) is 0 Å². The van der Waals surface area contributed by atoms with Crippen molar-refractivity contribution in [3.05, 3.63) is 0 Å². The molecule has 3 N–H and O–H groups in total. The molecule has 1 fully saturated rings. The quantitative estimate of drug-likeness (QED) is 0.661. The van der Waals surface area contributed by atoms with Crippen LogP contribution >= 0.6 is 0 Å². The predicted molar refractivity (Wildman–Crippen MR) is 61.6 cm³/mol. The van der Waals surface area contributed by atoms with E-state index in [1.165, 1.54) is 4.90 Å². The highest BCUT2D eigenvalue weighted by molar-refractivity contribution is 5.83. The molecule has 0 aliphatic carbocycles. The molecule has 2 amide bonds. The lowest BCUT2D eigenvalue weighted by atomic mass is 10.1. The number of amides is 2. The summed E-state index contributed by atoms with van der Waals surface area (Å²) >= 11 is 0. The topological polar surface area (TPSA) is 89.9 Å². The third-order valence-electron chi connectivity index (χ3n) is 3.12. The van der Waals surface area contributed by atoms with Crippen molar-refractivity contribution in [1.29, 1.82) is 0 Å². The lowest BCUT2D eigenvalue weighted by Gasteiger charge is -2.22. The monoisotopic (exact) mass is 244 g/mol. The number of hydrogen-bond donors (Lipinski definition) is 3. The molecular weight excluding hydrogens is 224 g/mol. The molecule has 6 heteroatoms. The molecule has 0 bridgehead atoms. The van der Waals surface area contributed by atoms with Gasteiger partial charge in [0.25, 0.3) is 0 Å². The predicted octanol–water partition coefficient (Wildman–Crippen LogP) is 0.262. The maximum absolute atomic E-state index is 11.8. The third kappa shape index (κ3) is 3.59. The van der Waals surface area contributed by atoms with Gasteiger partial charge in [0.2, 0.25) is 0 Å². The summed E-state index contributed by atoms with van der Waals surface area (Å²) in [5.41, 5.74) is 0. The van der Waals surface area contributed by atoms with E-state index in [0.717, 1.165) is 6.42 Å². The summed E-state index contributed by atoms with van der Waals surface area (Å²) in [6.07, 6.45) is 0.308. The average molecular weight is 244 g/mol. The van der Waals surface area contributed by atoms with Gasteiger partial charge in [-0.05, 0) is 5.92 Å². The van der Waals surface area contributed by atoms with Crippen LogP contribution in [0.25, 0.3) is 0 Å². The van der Waals surface area contributed by atoms with Gasteiger partial charge < -0.3 is 20.4 Å². The zero-order valence-corrected chi connectivity index (χ0v) is 10.2. The second kappa shape index (κ2) is 5.86. The van der Waals surface area contributed by atoms with Gasteiger partial charge >= 0.3 is 12.0 Å². The van der Waals surface area contributed by atoms with E-state index in [9.17, 15) is 14.7 Å². The van der Waals surface area contributed by atoms with Crippen LogP contribution in [0.4, 0.5) is 4.79 Å². The fraction of sp³-hybridized carbons (Fsp3) is 0.818. The van der Waals surface area contributed by atoms with E-state index in [1.807, 2.05) is 13.8 Å². The molecule has 6 nitrogen and oxygen atoms in total. The zero-order chi connectivity index (χ0) is 13.0. The molecule has 0 radical (unpaired) electrons. The van der Waals surface area contributed by atoms with Gasteiger partial charge in [0.05, 0.1) is 6.10 Å². The molecule has 0 spiro atoms. The lowest BCUT2D eigenvalue weighted by Crippen LogP contribution is -2.47. The maximum Gasteiger partial charge on any atom is 0.326 e. The molecule has 0 saturated carbocycles. The summed E-state index contributed by atoms with van der Waals surface area (Å²) < 4.78 is 0. The largest absolute Gasteiger partial charge is 0.480 e. The number of β-amino-alcohol motifs (C(OH)–C–C–N with tert-alkyl or cyclic N) is 1. The van der Waals surface area contributed by atoms with Crippen LogP contribution in [0.15, 0.2) is 0 Å². The van der Waals surface area contributed by atoms with Crippen LogP contribution in [0.2, 0.25) is 0 Å². The molecule has 17 heavy (non-hydrogen) atoms. The van der Waals surface area contributed by atoms with Gasteiger partial charge in [-0.1, -0.05) is 20.3 Å². The number of aliphatic hydroxyl groups is 1. The number of carboxylic acid groups (broad SMARTS) is 1. The third-order valence-corrected chi connectivity index (χ3v) is 3.12. The van der Waals surface area contributed by atoms with Crippen LogP contribution in [-0.4, -0.2) is 52.3 Å². The molecule has 0 aromatic carbocycles. The number of hydrogen-bond acceptors (Lipinski definition) is 3. The van der Waals surface area contributed by atoms with Crippen molar-refractivity contribution >= 4 is 12.0 Å². The van der Waals surface area contributed by atoms with Crippen molar-refractivity contribution in [2.75, 3.05) is 13.1 Å². The van der Waals surface area contributed by atoms with Crippen molar-refractivity contribution in [1.82, 2.24) is 10.2 Å². The Bertz CT molecular complexity index is 295. The molecule has 1 heterocycles. The van der Waals surface area contributed by atoms with Gasteiger partial charge in [-0.3, -0.25) is 0 Å². The van der Waals surface area contributed by atoms with Gasteiger partial charge in [0.1, 0.15) is 6.04 Å². The Labute approximate surface area is 101 Å². The van der Waals surface area contributed by atoms with E-state index in [0.29, 0.717) is 12.5 Å². The number of aliphatic hydroxyl groups excluding tert-OH is 1. The standard InChI is InChI=1S/C11H20N2O4/c1-3-7(2)5-12-11(17)13-6-8(14)4-9(13)10(15)16/h7-9,14H,3-6H2,1-2H3,(H,12,17)(H,15,16)/t7?,8?,9-/m0/s1. The van der Waals surface area contributed by atoms with E-state index in [2.05, 4.69) is 5.32 Å². The number of nitrogens with zero attached hydrogens (tertiary/aromatic N) is 1. The summed E-state index contributed by atoms with van der Waals surface area (Å²) in [7, 11) is 0. The first kappa shape index (κ1) is 13.8. The number of carboxylic acids is 1. The number of carbonyl (C=O) groups is 2. The minimum atomic E-state index is -1.07. The van der Waals surface area contributed by atoms with Crippen molar-refractivity contribution < 1.29 is 19.8 Å². The number of likely N-dealkylation sites (tertiary alicyclic amines) is 1. The molecule has 0 aromatic heterocycles. The van der Waals surface area contributed by atoms with Gasteiger partial charge in [-0.2, -0.15) is 0 Å². The molecule has 1 aliphatic rings. The number of rotatable bonds is 4. The SMILES string of the molecule is CCC(C)CNC(=O)N1CC(O)C[C@H]1C(=O)O. The first-order valence-electron chi connectivity index (χ1n) is 5.91. The zero-order valence-electron chi connectivity index (χ0n) is 10.2. The summed E-state index contributed by atoms with van der Waals surface area (Å²) in [6.45, 7) is 4.64. The number of carbonyl (C=O) groups excluding carboxylic acids is 1. The molecule has 98 valence electrons. The highest BCUT2D eigenvalue weighted by atomic mass is 16.4. The number of urea groups is 1. The number of nitrogens with one attached hydrogen (secondary N) is 1. The van der Waals surface area contributed by atoms with Crippen LogP contribution in [-0.2, 0) is 4.79 Å². The van der Waals surface area contributed by atoms with Crippen molar-refractivity contribution in [3.8, 4) is 0 Å². The van der Waals surface area contributed by atoms with Gasteiger partial charge in [0.15, 0.2) is 0 Å². The van der Waals surface area contributed by atoms with Crippen LogP contribution < -0.4 is 5.32 Å². The molecule has 1 rings (SSSR count). The first-order chi connectivity index (χ1) is 7.95. The summed E-state index contributed by atoms with van der Waals surface area (Å²) in [5, 5.41) is 21.0. The molecule has 2 unspecified atom stereocenters. The summed E-state index contributed by atoms with van der Waals surface area (Å²) in [4.78, 5) is 23.9. The maximum atomic E-state index is 11.8. The second-order valence-electron chi connectivity index (χ2n) is 4.60. The molecule has 0 aromatic rings. The van der Waals surface area contributed by atoms with Crippen LogP contribution in [0, 0.1) is 5.92 Å². The Morgan fingerprint density at radius 3 is 2.71 bits per heavy atom. The molecule has 1 aliphatic heterocycles. The Hall–Kier alpha value is -1.30. The van der Waals surface area contributed by atoms with Crippen molar-refractivity contribution in [3.63, 3.8) is 0 Å². The van der Waals surface area contributed by atoms with Crippen LogP contribution in [0.5, 0.6) is 0 Å². The van der Waals surface area contributed by atoms with Gasteiger partial charge in [-0.15, -0.1) is 0 Å². The molecular formula is C11H20N2O4. The molecule has 3 atom stereocenters. The second-order valence-corrected chi connectivity index (χ2v) is 4.60. The molecule has 1 saturated heterocycles. The minimum Gasteiger partial charge on any atom is -0.480 e. The van der Waals surface area contributed by atoms with Crippen LogP contribution in [0.3, 0.4) is 0 Å². The van der Waals surface area contributed by atoms with Gasteiger partial charge in [0, 0.05) is 19.5 Å². The fourth-order valence-corrected chi connectivity index (χ4v) is 1.78. The van der Waals surface area contributed by atoms with E-state index in [4.69, 9.17) is 5.11 Å². The van der Waals surface area contributed by atoms with E-state index in [-0.39, 0.29) is 13.0 Å². The van der Waals surface area contributed by atoms with E-state index < -0.39 is 24.1 Å². The normalized spacial score (nSPS) is 25.7. The fourth-order valence-electron chi connectivity index (χ4n) is 1.78. The summed E-state index contributed by atoms with van der Waals surface area (Å²) in [6, 6.07) is -1.32. The Morgan fingerprint density at radius 2 is 2.18 bits per heavy atom. The Balaban J connectivity index is 2.52. The van der Waals surface area contributed by atoms with Crippen LogP contribution in [0.1, 0.15) is 26.7 Å². The lowest BCUT2D eigenvalue weighted by molar-refractivity contribution is -0.141. The van der Waals surface area contributed by atoms with E-state index >= 15 is 0 Å². The average Bonchev–Trinajstić information content (AvgIpc) is 2.67. The van der Waals surface area contributed by atoms with Crippen molar-refractivity contribution in [2.45, 2.75) is 38.8 Å².